The zero-order chi connectivity index (χ0) is 17.2. The number of ether oxygens (including phenoxy) is 1. The van der Waals surface area contributed by atoms with E-state index in [0.717, 1.165) is 45.1 Å². The summed E-state index contributed by atoms with van der Waals surface area (Å²) in [4.78, 5) is 4.83. The summed E-state index contributed by atoms with van der Waals surface area (Å²) < 4.78 is 5.36. The topological polar surface area (TPSA) is 62.8 Å². The summed E-state index contributed by atoms with van der Waals surface area (Å²) in [5.41, 5.74) is 2.92. The normalized spacial score (nSPS) is 10.8. The maximum absolute atomic E-state index is 5.36. The highest BCUT2D eigenvalue weighted by atomic mass is 16.5. The van der Waals surface area contributed by atoms with Crippen molar-refractivity contribution < 1.29 is 4.74 Å². The van der Waals surface area contributed by atoms with E-state index < -0.39 is 0 Å². The second-order valence-electron chi connectivity index (χ2n) is 5.87. The van der Waals surface area contributed by atoms with Crippen molar-refractivity contribution >= 4 is 22.4 Å². The summed E-state index contributed by atoms with van der Waals surface area (Å²) in [6.45, 7) is 1.97. The van der Waals surface area contributed by atoms with Gasteiger partial charge in [0, 0.05) is 22.7 Å². The average molecular weight is 330 g/mol. The first-order valence-electron chi connectivity index (χ1n) is 8.06. The predicted octanol–water partition coefficient (Wildman–Crippen LogP) is 4.69. The smallest absolute Gasteiger partial charge is 0.153 e. The highest BCUT2D eigenvalue weighted by Gasteiger charge is 2.10. The number of aromatic amines is 1. The summed E-state index contributed by atoms with van der Waals surface area (Å²) in [6, 6.07) is 20.1. The molecule has 2 N–H and O–H groups in total. The largest absolute Gasteiger partial charge is 0.497 e. The van der Waals surface area contributed by atoms with Crippen LogP contribution in [0.15, 0.2) is 60.7 Å². The van der Waals surface area contributed by atoms with Crippen molar-refractivity contribution in [1.82, 2.24) is 15.2 Å². The Balaban J connectivity index is 1.86. The van der Waals surface area contributed by atoms with Crippen molar-refractivity contribution in [2.24, 2.45) is 0 Å². The number of hydrogen-bond donors (Lipinski definition) is 2. The Kier molecular flexibility index (Phi) is 3.82. The van der Waals surface area contributed by atoms with Crippen LogP contribution >= 0.6 is 0 Å². The van der Waals surface area contributed by atoms with Gasteiger partial charge >= 0.3 is 0 Å². The van der Waals surface area contributed by atoms with E-state index in [1.807, 2.05) is 55.5 Å². The molecule has 0 unspecified atom stereocenters. The first-order chi connectivity index (χ1) is 12.2. The lowest BCUT2D eigenvalue weighted by Crippen LogP contribution is -1.97. The summed E-state index contributed by atoms with van der Waals surface area (Å²) in [5.74, 6) is 2.31. The lowest BCUT2D eigenvalue weighted by atomic mass is 10.0. The summed E-state index contributed by atoms with van der Waals surface area (Å²) in [6.07, 6.45) is 0. The highest BCUT2D eigenvalue weighted by molar-refractivity contribution is 5.96. The molecule has 0 aliphatic heterocycles. The van der Waals surface area contributed by atoms with Gasteiger partial charge in [-0.2, -0.15) is 5.10 Å². The minimum Gasteiger partial charge on any atom is -0.497 e. The van der Waals surface area contributed by atoms with Crippen LogP contribution in [-0.4, -0.2) is 22.3 Å². The molecule has 25 heavy (non-hydrogen) atoms. The van der Waals surface area contributed by atoms with Crippen LogP contribution in [0.3, 0.4) is 0 Å². The number of hydrogen-bond acceptors (Lipinski definition) is 4. The molecule has 2 heterocycles. The molecule has 2 aromatic heterocycles. The molecule has 0 atom stereocenters. The van der Waals surface area contributed by atoms with Crippen molar-refractivity contribution in [1.29, 1.82) is 0 Å². The van der Waals surface area contributed by atoms with Gasteiger partial charge in [0.05, 0.1) is 12.8 Å². The number of benzene rings is 2. The molecule has 0 radical (unpaired) electrons. The minimum absolute atomic E-state index is 0.747. The number of rotatable bonds is 4. The molecule has 0 bridgehead atoms. The number of aromatic nitrogens is 3. The Labute approximate surface area is 145 Å². The molecule has 124 valence electrons. The van der Waals surface area contributed by atoms with Crippen LogP contribution in [0.1, 0.15) is 5.69 Å². The molecule has 5 heteroatoms. The van der Waals surface area contributed by atoms with E-state index in [0.29, 0.717) is 0 Å². The zero-order valence-electron chi connectivity index (χ0n) is 14.1. The second kappa shape index (κ2) is 6.28. The van der Waals surface area contributed by atoms with Crippen molar-refractivity contribution in [3.05, 3.63) is 66.4 Å². The average Bonchev–Trinajstić information content (AvgIpc) is 3.06. The van der Waals surface area contributed by atoms with Crippen molar-refractivity contribution in [2.45, 2.75) is 6.92 Å². The molecule has 4 aromatic rings. The van der Waals surface area contributed by atoms with E-state index in [4.69, 9.17) is 9.72 Å². The molecule has 0 amide bonds. The van der Waals surface area contributed by atoms with Crippen molar-refractivity contribution in [3.8, 4) is 17.0 Å². The van der Waals surface area contributed by atoms with Crippen LogP contribution in [0.4, 0.5) is 11.6 Å². The lowest BCUT2D eigenvalue weighted by Gasteiger charge is -2.11. The standard InChI is InChI=1S/C20H18N4O/c1-13-10-19(24-23-13)21-18-12-14-6-3-4-9-17(14)20(22-18)15-7-5-8-16(11-15)25-2/h3-12H,1-2H3,(H2,21,22,23,24). The molecule has 0 aliphatic carbocycles. The number of nitrogens with one attached hydrogen (secondary N) is 2. The molecule has 0 aliphatic rings. The van der Waals surface area contributed by atoms with Gasteiger partial charge < -0.3 is 10.1 Å². The quantitative estimate of drug-likeness (QED) is 0.570. The van der Waals surface area contributed by atoms with Gasteiger partial charge in [-0.3, -0.25) is 5.10 Å². The van der Waals surface area contributed by atoms with E-state index in [-0.39, 0.29) is 0 Å². The number of aryl methyl sites for hydroxylation is 1. The van der Waals surface area contributed by atoms with Crippen LogP contribution in [0, 0.1) is 6.92 Å². The Morgan fingerprint density at radius 2 is 1.84 bits per heavy atom. The fourth-order valence-corrected chi connectivity index (χ4v) is 2.87. The van der Waals surface area contributed by atoms with E-state index in [1.165, 1.54) is 0 Å². The third kappa shape index (κ3) is 3.04. The van der Waals surface area contributed by atoms with Gasteiger partial charge in [-0.1, -0.05) is 36.4 Å². The summed E-state index contributed by atoms with van der Waals surface area (Å²) in [7, 11) is 1.67. The maximum atomic E-state index is 5.36. The number of fused-ring (bicyclic) bond motifs is 1. The number of H-pyrrole nitrogens is 1. The molecular weight excluding hydrogens is 312 g/mol. The monoisotopic (exact) mass is 330 g/mol. The number of pyridine rings is 1. The summed E-state index contributed by atoms with van der Waals surface area (Å²) in [5, 5.41) is 12.6. The first kappa shape index (κ1) is 15.2. The van der Waals surface area contributed by atoms with Crippen LogP contribution in [-0.2, 0) is 0 Å². The molecule has 0 saturated heterocycles. The minimum atomic E-state index is 0.747. The van der Waals surface area contributed by atoms with Gasteiger partial charge in [0.25, 0.3) is 0 Å². The van der Waals surface area contributed by atoms with Crippen LogP contribution in [0.25, 0.3) is 22.0 Å². The van der Waals surface area contributed by atoms with Crippen LogP contribution in [0.5, 0.6) is 5.75 Å². The molecular formula is C20H18N4O. The number of anilines is 2. The van der Waals surface area contributed by atoms with Gasteiger partial charge in [0.15, 0.2) is 5.82 Å². The predicted molar refractivity (Wildman–Crippen MR) is 100 cm³/mol. The van der Waals surface area contributed by atoms with E-state index >= 15 is 0 Å². The van der Waals surface area contributed by atoms with Crippen LogP contribution in [0.2, 0.25) is 0 Å². The van der Waals surface area contributed by atoms with E-state index in [2.05, 4.69) is 27.6 Å². The number of methoxy groups -OCH3 is 1. The fourth-order valence-electron chi connectivity index (χ4n) is 2.87. The van der Waals surface area contributed by atoms with Gasteiger partial charge in [-0.25, -0.2) is 4.98 Å². The van der Waals surface area contributed by atoms with Gasteiger partial charge in [0.2, 0.25) is 0 Å². The fraction of sp³-hybridized carbons (Fsp3) is 0.100. The second-order valence-corrected chi connectivity index (χ2v) is 5.87. The Hall–Kier alpha value is -3.34. The van der Waals surface area contributed by atoms with Gasteiger partial charge in [0.1, 0.15) is 11.6 Å². The molecule has 5 nitrogen and oxygen atoms in total. The van der Waals surface area contributed by atoms with Crippen molar-refractivity contribution in [3.63, 3.8) is 0 Å². The van der Waals surface area contributed by atoms with Gasteiger partial charge in [-0.05, 0) is 30.5 Å². The maximum Gasteiger partial charge on any atom is 0.153 e. The molecule has 2 aromatic carbocycles. The number of nitrogens with zero attached hydrogens (tertiary/aromatic N) is 2. The Morgan fingerprint density at radius 1 is 0.960 bits per heavy atom. The third-order valence-electron chi connectivity index (χ3n) is 4.05. The van der Waals surface area contributed by atoms with E-state index in [9.17, 15) is 0 Å². The lowest BCUT2D eigenvalue weighted by molar-refractivity contribution is 0.415. The van der Waals surface area contributed by atoms with Gasteiger partial charge in [-0.15, -0.1) is 0 Å². The molecule has 0 fully saturated rings. The third-order valence-corrected chi connectivity index (χ3v) is 4.05. The van der Waals surface area contributed by atoms with Crippen molar-refractivity contribution in [2.75, 3.05) is 12.4 Å². The SMILES string of the molecule is COc1cccc(-c2nc(Nc3cc(C)[nH]n3)cc3ccccc23)c1. The van der Waals surface area contributed by atoms with Crippen LogP contribution < -0.4 is 10.1 Å². The highest BCUT2D eigenvalue weighted by Crippen LogP contribution is 2.31. The van der Waals surface area contributed by atoms with E-state index in [1.54, 1.807) is 7.11 Å². The Morgan fingerprint density at radius 3 is 2.64 bits per heavy atom. The molecule has 4 rings (SSSR count). The Bertz CT molecular complexity index is 1040. The molecule has 0 saturated carbocycles. The first-order valence-corrected chi connectivity index (χ1v) is 8.06. The molecule has 0 spiro atoms. The zero-order valence-corrected chi connectivity index (χ0v) is 14.1. The summed E-state index contributed by atoms with van der Waals surface area (Å²) >= 11 is 0.